The molecule has 0 aliphatic heterocycles. The monoisotopic (exact) mass is 342 g/mol. The van der Waals surface area contributed by atoms with Gasteiger partial charge in [0.1, 0.15) is 0 Å². The standard InChI is InChI=1S/C12H15BrN4OS/c1-7(2)15-10(18)3-4-17-11-9(16-12(17)19)5-8(13)6-14-11/h5-7H,3-4H2,1-2H3,(H,15,18)(H,16,19). The van der Waals surface area contributed by atoms with Gasteiger partial charge in [0.25, 0.3) is 0 Å². The maximum absolute atomic E-state index is 11.7. The van der Waals surface area contributed by atoms with Crippen LogP contribution in [0.1, 0.15) is 20.3 Å². The van der Waals surface area contributed by atoms with Crippen LogP contribution in [0.25, 0.3) is 11.2 Å². The topological polar surface area (TPSA) is 62.7 Å². The number of aryl methyl sites for hydroxylation is 1. The minimum atomic E-state index is 0.0170. The van der Waals surface area contributed by atoms with Crippen molar-refractivity contribution in [1.82, 2.24) is 19.9 Å². The zero-order valence-corrected chi connectivity index (χ0v) is 13.1. The van der Waals surface area contributed by atoms with Crippen LogP contribution in [0.15, 0.2) is 16.7 Å². The molecule has 2 heterocycles. The van der Waals surface area contributed by atoms with Gasteiger partial charge < -0.3 is 14.9 Å². The lowest BCUT2D eigenvalue weighted by Gasteiger charge is -2.08. The molecule has 2 aromatic rings. The van der Waals surface area contributed by atoms with Gasteiger partial charge in [-0.15, -0.1) is 0 Å². The Morgan fingerprint density at radius 1 is 1.63 bits per heavy atom. The number of nitrogens with zero attached hydrogens (tertiary/aromatic N) is 2. The van der Waals surface area contributed by atoms with Crippen molar-refractivity contribution >= 4 is 45.2 Å². The normalized spacial score (nSPS) is 11.2. The van der Waals surface area contributed by atoms with Crippen molar-refractivity contribution < 1.29 is 4.79 Å². The van der Waals surface area contributed by atoms with Crippen LogP contribution in [-0.4, -0.2) is 26.5 Å². The third-order valence-corrected chi connectivity index (χ3v) is 3.34. The molecule has 0 unspecified atom stereocenters. The molecule has 2 rings (SSSR count). The Bertz CT molecular complexity index is 661. The summed E-state index contributed by atoms with van der Waals surface area (Å²) in [5.74, 6) is 0.0170. The highest BCUT2D eigenvalue weighted by atomic mass is 79.9. The van der Waals surface area contributed by atoms with Crippen LogP contribution in [0.5, 0.6) is 0 Å². The molecule has 0 aromatic carbocycles. The summed E-state index contributed by atoms with van der Waals surface area (Å²) < 4.78 is 3.32. The van der Waals surface area contributed by atoms with Gasteiger partial charge in [0.05, 0.1) is 5.52 Å². The molecule has 0 fully saturated rings. The van der Waals surface area contributed by atoms with E-state index in [-0.39, 0.29) is 11.9 Å². The maximum atomic E-state index is 11.7. The van der Waals surface area contributed by atoms with E-state index < -0.39 is 0 Å². The van der Waals surface area contributed by atoms with Crippen LogP contribution >= 0.6 is 28.1 Å². The number of amides is 1. The first-order valence-electron chi connectivity index (χ1n) is 6.01. The largest absolute Gasteiger partial charge is 0.354 e. The molecular formula is C12H15BrN4OS. The molecule has 0 radical (unpaired) electrons. The van der Waals surface area contributed by atoms with Crippen molar-refractivity contribution in [3.63, 3.8) is 0 Å². The number of carbonyl (C=O) groups is 1. The van der Waals surface area contributed by atoms with E-state index >= 15 is 0 Å². The average molecular weight is 343 g/mol. The van der Waals surface area contributed by atoms with E-state index in [1.54, 1.807) is 6.20 Å². The van der Waals surface area contributed by atoms with Gasteiger partial charge >= 0.3 is 0 Å². The van der Waals surface area contributed by atoms with Crippen molar-refractivity contribution in [2.24, 2.45) is 0 Å². The summed E-state index contributed by atoms with van der Waals surface area (Å²) in [5.41, 5.74) is 1.63. The van der Waals surface area contributed by atoms with E-state index in [0.717, 1.165) is 15.6 Å². The molecular weight excluding hydrogens is 328 g/mol. The predicted molar refractivity (Wildman–Crippen MR) is 80.5 cm³/mol. The number of hydrogen-bond acceptors (Lipinski definition) is 3. The van der Waals surface area contributed by atoms with Gasteiger partial charge in [-0.2, -0.15) is 0 Å². The van der Waals surface area contributed by atoms with E-state index in [9.17, 15) is 4.79 Å². The lowest BCUT2D eigenvalue weighted by atomic mass is 10.3. The zero-order chi connectivity index (χ0) is 14.0. The summed E-state index contributed by atoms with van der Waals surface area (Å²) >= 11 is 8.62. The van der Waals surface area contributed by atoms with Crippen molar-refractivity contribution in [3.05, 3.63) is 21.5 Å². The number of imidazole rings is 1. The van der Waals surface area contributed by atoms with E-state index in [0.29, 0.717) is 17.7 Å². The summed E-state index contributed by atoms with van der Waals surface area (Å²) in [6.45, 7) is 4.40. The van der Waals surface area contributed by atoms with Gasteiger partial charge in [0, 0.05) is 29.7 Å². The molecule has 0 saturated carbocycles. The highest BCUT2D eigenvalue weighted by Crippen LogP contribution is 2.17. The van der Waals surface area contributed by atoms with Crippen LogP contribution in [0.4, 0.5) is 0 Å². The first-order valence-corrected chi connectivity index (χ1v) is 7.21. The third-order valence-electron chi connectivity index (χ3n) is 2.59. The number of pyridine rings is 1. The fourth-order valence-electron chi connectivity index (χ4n) is 1.83. The number of halogens is 1. The van der Waals surface area contributed by atoms with Gasteiger partial charge in [-0.05, 0) is 48.1 Å². The second kappa shape index (κ2) is 5.83. The fraction of sp³-hybridized carbons (Fsp3) is 0.417. The minimum Gasteiger partial charge on any atom is -0.354 e. The first-order chi connectivity index (χ1) is 8.97. The van der Waals surface area contributed by atoms with Crippen LogP contribution in [0, 0.1) is 4.77 Å². The summed E-state index contributed by atoms with van der Waals surface area (Å²) in [7, 11) is 0. The number of aromatic amines is 1. The molecule has 2 aromatic heterocycles. The number of carbonyl (C=O) groups excluding carboxylic acids is 1. The summed E-state index contributed by atoms with van der Waals surface area (Å²) in [4.78, 5) is 19.1. The number of aromatic nitrogens is 3. The van der Waals surface area contributed by atoms with Crippen LogP contribution in [-0.2, 0) is 11.3 Å². The molecule has 19 heavy (non-hydrogen) atoms. The van der Waals surface area contributed by atoms with Gasteiger partial charge in [-0.1, -0.05) is 0 Å². The zero-order valence-electron chi connectivity index (χ0n) is 10.7. The lowest BCUT2D eigenvalue weighted by molar-refractivity contribution is -0.121. The Balaban J connectivity index is 2.19. The smallest absolute Gasteiger partial charge is 0.221 e. The highest BCUT2D eigenvalue weighted by molar-refractivity contribution is 9.10. The fourth-order valence-corrected chi connectivity index (χ4v) is 2.45. The average Bonchev–Trinajstić information content (AvgIpc) is 2.60. The molecule has 0 aliphatic rings. The van der Waals surface area contributed by atoms with Gasteiger partial charge in [-0.3, -0.25) is 4.79 Å². The first kappa shape index (κ1) is 14.2. The molecule has 7 heteroatoms. The van der Waals surface area contributed by atoms with E-state index in [1.807, 2.05) is 24.5 Å². The maximum Gasteiger partial charge on any atom is 0.221 e. The van der Waals surface area contributed by atoms with E-state index in [1.165, 1.54) is 0 Å². The molecule has 2 N–H and O–H groups in total. The Morgan fingerprint density at radius 3 is 3.05 bits per heavy atom. The van der Waals surface area contributed by atoms with Crippen LogP contribution in [0.3, 0.4) is 0 Å². The molecule has 0 aliphatic carbocycles. The number of rotatable bonds is 4. The Hall–Kier alpha value is -1.21. The number of hydrogen-bond donors (Lipinski definition) is 2. The molecule has 0 spiro atoms. The highest BCUT2D eigenvalue weighted by Gasteiger charge is 2.09. The van der Waals surface area contributed by atoms with Crippen molar-refractivity contribution in [2.75, 3.05) is 0 Å². The Morgan fingerprint density at radius 2 is 2.37 bits per heavy atom. The molecule has 0 atom stereocenters. The molecule has 1 amide bonds. The third kappa shape index (κ3) is 3.42. The summed E-state index contributed by atoms with van der Waals surface area (Å²) in [6, 6.07) is 2.07. The van der Waals surface area contributed by atoms with Gasteiger partial charge in [-0.25, -0.2) is 4.98 Å². The van der Waals surface area contributed by atoms with Gasteiger partial charge in [0.15, 0.2) is 10.4 Å². The van der Waals surface area contributed by atoms with Crippen molar-refractivity contribution in [2.45, 2.75) is 32.9 Å². The Kier molecular flexibility index (Phi) is 4.36. The predicted octanol–water partition coefficient (Wildman–Crippen LogP) is 2.77. The SMILES string of the molecule is CC(C)NC(=O)CCn1c(=S)[nH]c2cc(Br)cnc21. The lowest BCUT2D eigenvalue weighted by Crippen LogP contribution is -2.30. The van der Waals surface area contributed by atoms with Crippen molar-refractivity contribution in [1.29, 1.82) is 0 Å². The summed E-state index contributed by atoms with van der Waals surface area (Å²) in [6.07, 6.45) is 2.10. The molecule has 5 nitrogen and oxygen atoms in total. The summed E-state index contributed by atoms with van der Waals surface area (Å²) in [5, 5.41) is 2.86. The van der Waals surface area contributed by atoms with Crippen LogP contribution in [0.2, 0.25) is 0 Å². The van der Waals surface area contributed by atoms with E-state index in [2.05, 4.69) is 31.2 Å². The van der Waals surface area contributed by atoms with Crippen molar-refractivity contribution in [3.8, 4) is 0 Å². The van der Waals surface area contributed by atoms with Gasteiger partial charge in [0.2, 0.25) is 5.91 Å². The molecule has 102 valence electrons. The quantitative estimate of drug-likeness (QED) is 0.839. The second-order valence-corrected chi connectivity index (χ2v) is 5.88. The van der Waals surface area contributed by atoms with Crippen LogP contribution < -0.4 is 5.32 Å². The number of nitrogens with one attached hydrogen (secondary N) is 2. The minimum absolute atomic E-state index is 0.0170. The number of fused-ring (bicyclic) bond motifs is 1. The Labute approximate surface area is 124 Å². The van der Waals surface area contributed by atoms with E-state index in [4.69, 9.17) is 12.2 Å². The second-order valence-electron chi connectivity index (χ2n) is 4.58. The molecule has 0 saturated heterocycles. The number of H-pyrrole nitrogens is 1. The molecule has 0 bridgehead atoms.